The number of rotatable bonds is 6. The van der Waals surface area contributed by atoms with Gasteiger partial charge in [0.2, 0.25) is 5.89 Å². The van der Waals surface area contributed by atoms with Gasteiger partial charge in [0.25, 0.3) is 0 Å². The topological polar surface area (TPSA) is 102 Å². The molecule has 2 aromatic rings. The minimum atomic E-state index is 0.220. The first-order valence-corrected chi connectivity index (χ1v) is 6.65. The van der Waals surface area contributed by atoms with E-state index in [9.17, 15) is 0 Å². The molecule has 0 aliphatic carbocycles. The highest BCUT2D eigenvalue weighted by atomic mass is 16.4. The van der Waals surface area contributed by atoms with Gasteiger partial charge in [-0.05, 0) is 0 Å². The molecule has 20 heavy (non-hydrogen) atoms. The van der Waals surface area contributed by atoms with Gasteiger partial charge in [0.15, 0.2) is 0 Å². The second-order valence-corrected chi connectivity index (χ2v) is 4.72. The summed E-state index contributed by atoms with van der Waals surface area (Å²) in [7, 11) is 0. The Bertz CT molecular complexity index is 566. The van der Waals surface area contributed by atoms with E-state index >= 15 is 0 Å². The van der Waals surface area contributed by atoms with Crippen LogP contribution < -0.4 is 16.6 Å². The van der Waals surface area contributed by atoms with Crippen molar-refractivity contribution in [1.29, 1.82) is 0 Å². The van der Waals surface area contributed by atoms with Gasteiger partial charge in [0.05, 0.1) is 12.7 Å². The van der Waals surface area contributed by atoms with E-state index in [-0.39, 0.29) is 5.92 Å². The van der Waals surface area contributed by atoms with Crippen LogP contribution in [0.15, 0.2) is 16.7 Å². The van der Waals surface area contributed by atoms with Crippen LogP contribution in [0, 0.1) is 0 Å². The van der Waals surface area contributed by atoms with Crippen LogP contribution in [-0.2, 0) is 13.0 Å². The largest absolute Gasteiger partial charge is 0.444 e. The van der Waals surface area contributed by atoms with Gasteiger partial charge >= 0.3 is 0 Å². The third-order valence-corrected chi connectivity index (χ3v) is 2.78. The number of nitrogen functional groups attached to an aromatic ring is 1. The van der Waals surface area contributed by atoms with Crippen LogP contribution in [0.5, 0.6) is 0 Å². The summed E-state index contributed by atoms with van der Waals surface area (Å²) in [6, 6.07) is 1.75. The zero-order chi connectivity index (χ0) is 14.5. The summed E-state index contributed by atoms with van der Waals surface area (Å²) in [6.45, 7) is 6.55. The Morgan fingerprint density at radius 2 is 2.05 bits per heavy atom. The van der Waals surface area contributed by atoms with E-state index in [1.165, 1.54) is 0 Å². The Labute approximate surface area is 118 Å². The normalized spacial score (nSPS) is 10.8. The number of nitrogens with one attached hydrogen (secondary N) is 2. The monoisotopic (exact) mass is 276 g/mol. The van der Waals surface area contributed by atoms with Crippen molar-refractivity contribution < 1.29 is 4.42 Å². The predicted octanol–water partition coefficient (Wildman–Crippen LogP) is 2.05. The third-order valence-electron chi connectivity index (χ3n) is 2.78. The van der Waals surface area contributed by atoms with Crippen LogP contribution in [0.1, 0.15) is 44.2 Å². The number of hydrogen-bond acceptors (Lipinski definition) is 7. The molecule has 0 aliphatic rings. The number of aryl methyl sites for hydroxylation is 1. The first-order chi connectivity index (χ1) is 9.62. The molecular weight excluding hydrogens is 256 g/mol. The van der Waals surface area contributed by atoms with Crippen molar-refractivity contribution in [2.75, 3.05) is 10.7 Å². The average molecular weight is 276 g/mol. The molecule has 7 nitrogen and oxygen atoms in total. The van der Waals surface area contributed by atoms with E-state index in [4.69, 9.17) is 10.3 Å². The summed E-state index contributed by atoms with van der Waals surface area (Å²) in [5, 5.41) is 3.17. The van der Waals surface area contributed by atoms with Crippen molar-refractivity contribution in [2.24, 2.45) is 5.84 Å². The number of hydrazine groups is 1. The Hall–Kier alpha value is -2.15. The molecule has 2 aromatic heterocycles. The van der Waals surface area contributed by atoms with Gasteiger partial charge < -0.3 is 15.2 Å². The summed E-state index contributed by atoms with van der Waals surface area (Å²) in [4.78, 5) is 12.9. The fraction of sp³-hybridized carbons (Fsp3) is 0.462. The lowest BCUT2D eigenvalue weighted by Crippen LogP contribution is -2.13. The first kappa shape index (κ1) is 14.3. The molecular formula is C13H20N6O. The minimum absolute atomic E-state index is 0.220. The van der Waals surface area contributed by atoms with E-state index in [1.807, 2.05) is 20.8 Å². The Balaban J connectivity index is 2.10. The Morgan fingerprint density at radius 3 is 2.65 bits per heavy atom. The summed E-state index contributed by atoms with van der Waals surface area (Å²) in [5.41, 5.74) is 2.54. The molecule has 0 bridgehead atoms. The summed E-state index contributed by atoms with van der Waals surface area (Å²) in [5.74, 6) is 9.13. The second-order valence-electron chi connectivity index (χ2n) is 4.72. The molecule has 4 N–H and O–H groups in total. The Morgan fingerprint density at radius 1 is 1.30 bits per heavy atom. The van der Waals surface area contributed by atoms with Crippen molar-refractivity contribution in [3.63, 3.8) is 0 Å². The van der Waals surface area contributed by atoms with Crippen LogP contribution in [-0.4, -0.2) is 15.0 Å². The molecule has 0 amide bonds. The smallest absolute Gasteiger partial charge is 0.213 e. The average Bonchev–Trinajstić information content (AvgIpc) is 2.92. The van der Waals surface area contributed by atoms with Gasteiger partial charge in [0, 0.05) is 18.4 Å². The molecule has 0 saturated carbocycles. The van der Waals surface area contributed by atoms with Gasteiger partial charge in [-0.15, -0.1) is 0 Å². The molecule has 0 unspecified atom stereocenters. The maximum absolute atomic E-state index is 5.53. The maximum atomic E-state index is 5.53. The molecule has 2 rings (SSSR count). The maximum Gasteiger partial charge on any atom is 0.213 e. The van der Waals surface area contributed by atoms with Gasteiger partial charge in [0.1, 0.15) is 23.2 Å². The molecule has 0 saturated heterocycles. The molecule has 7 heteroatoms. The predicted molar refractivity (Wildman–Crippen MR) is 77.1 cm³/mol. The molecule has 0 aliphatic heterocycles. The molecule has 2 heterocycles. The van der Waals surface area contributed by atoms with Crippen LogP contribution in [0.2, 0.25) is 0 Å². The Kier molecular flexibility index (Phi) is 4.52. The van der Waals surface area contributed by atoms with Crippen molar-refractivity contribution in [1.82, 2.24) is 15.0 Å². The van der Waals surface area contributed by atoms with Crippen molar-refractivity contribution in [2.45, 2.75) is 39.7 Å². The van der Waals surface area contributed by atoms with Crippen LogP contribution in [0.4, 0.5) is 11.6 Å². The van der Waals surface area contributed by atoms with Crippen molar-refractivity contribution in [3.05, 3.63) is 29.7 Å². The fourth-order valence-corrected chi connectivity index (χ4v) is 1.65. The summed E-state index contributed by atoms with van der Waals surface area (Å²) >= 11 is 0. The zero-order valence-electron chi connectivity index (χ0n) is 12.0. The first-order valence-electron chi connectivity index (χ1n) is 6.65. The molecule has 0 atom stereocenters. The SMILES string of the molecule is CCc1cnc(CNc2cc(NN)nc(C(C)C)n2)o1. The standard InChI is InChI=1S/C13H20N6O/c1-4-9-6-16-12(20-9)7-15-10-5-11(19-14)18-13(17-10)8(2)3/h5-6,8H,4,7,14H2,1-3H3,(H2,15,17,18,19). The lowest BCUT2D eigenvalue weighted by Gasteiger charge is -2.10. The van der Waals surface area contributed by atoms with Crippen molar-refractivity contribution >= 4 is 11.6 Å². The van der Waals surface area contributed by atoms with Crippen LogP contribution in [0.25, 0.3) is 0 Å². The minimum Gasteiger partial charge on any atom is -0.444 e. The molecule has 0 fully saturated rings. The van der Waals surface area contributed by atoms with E-state index in [0.29, 0.717) is 24.1 Å². The molecule has 0 aromatic carbocycles. The highest BCUT2D eigenvalue weighted by Gasteiger charge is 2.08. The van der Waals surface area contributed by atoms with Gasteiger partial charge in [-0.2, -0.15) is 0 Å². The van der Waals surface area contributed by atoms with Crippen LogP contribution in [0.3, 0.4) is 0 Å². The van der Waals surface area contributed by atoms with E-state index < -0.39 is 0 Å². The summed E-state index contributed by atoms with van der Waals surface area (Å²) < 4.78 is 5.53. The second kappa shape index (κ2) is 6.33. The number of anilines is 2. The summed E-state index contributed by atoms with van der Waals surface area (Å²) in [6.07, 6.45) is 2.57. The zero-order valence-corrected chi connectivity index (χ0v) is 12.0. The lowest BCUT2D eigenvalue weighted by atomic mass is 10.2. The van der Waals surface area contributed by atoms with Gasteiger partial charge in [-0.3, -0.25) is 0 Å². The molecule has 0 radical (unpaired) electrons. The number of hydrogen-bond donors (Lipinski definition) is 3. The molecule has 0 spiro atoms. The quantitative estimate of drug-likeness (QED) is 0.548. The molecule has 108 valence electrons. The van der Waals surface area contributed by atoms with Gasteiger partial charge in [-0.25, -0.2) is 20.8 Å². The number of nitrogens with two attached hydrogens (primary N) is 1. The number of nitrogens with zero attached hydrogens (tertiary/aromatic N) is 3. The van der Waals surface area contributed by atoms with E-state index in [1.54, 1.807) is 12.3 Å². The van der Waals surface area contributed by atoms with Crippen molar-refractivity contribution in [3.8, 4) is 0 Å². The number of oxazole rings is 1. The third kappa shape index (κ3) is 3.45. The van der Waals surface area contributed by atoms with E-state index in [2.05, 4.69) is 25.7 Å². The lowest BCUT2D eigenvalue weighted by molar-refractivity contribution is 0.465. The number of aromatic nitrogens is 3. The fourth-order valence-electron chi connectivity index (χ4n) is 1.65. The highest BCUT2D eigenvalue weighted by Crippen LogP contribution is 2.17. The van der Waals surface area contributed by atoms with E-state index in [0.717, 1.165) is 18.0 Å². The van der Waals surface area contributed by atoms with Crippen LogP contribution >= 0.6 is 0 Å². The highest BCUT2D eigenvalue weighted by molar-refractivity contribution is 5.47. The van der Waals surface area contributed by atoms with Gasteiger partial charge in [-0.1, -0.05) is 20.8 Å².